The highest BCUT2D eigenvalue weighted by atomic mass is 16.5. The van der Waals surface area contributed by atoms with Gasteiger partial charge in [-0.3, -0.25) is 9.78 Å². The summed E-state index contributed by atoms with van der Waals surface area (Å²) in [5, 5.41) is 8.93. The molecule has 0 saturated heterocycles. The van der Waals surface area contributed by atoms with Gasteiger partial charge < -0.3 is 4.74 Å². The molecule has 0 amide bonds. The molecule has 1 aromatic heterocycles. The monoisotopic (exact) mass is 230 g/mol. The fourth-order valence-corrected chi connectivity index (χ4v) is 2.39. The molecule has 2 rings (SSSR count). The van der Waals surface area contributed by atoms with Gasteiger partial charge >= 0.3 is 0 Å². The van der Waals surface area contributed by atoms with Crippen LogP contribution in [0.3, 0.4) is 0 Å². The van der Waals surface area contributed by atoms with E-state index in [-0.39, 0.29) is 12.2 Å². The predicted octanol–water partition coefficient (Wildman–Crippen LogP) is 1.76. The van der Waals surface area contributed by atoms with Crippen molar-refractivity contribution in [2.24, 2.45) is 5.41 Å². The summed E-state index contributed by atoms with van der Waals surface area (Å²) in [5.41, 5.74) is 1.06. The Kier molecular flexibility index (Phi) is 3.21. The molecule has 0 spiro atoms. The van der Waals surface area contributed by atoms with E-state index in [0.29, 0.717) is 25.0 Å². The highest BCUT2D eigenvalue weighted by molar-refractivity contribution is 6.04. The Balaban J connectivity index is 2.33. The standard InChI is InChI=1S/C13H14N2O2/c1-17-7-4-13(3-5-14)8-10-2-6-15-9-11(10)12(13)16/h2,6,9H,3-4,7-8H2,1H3/t13-/m1/s1. The molecule has 1 aromatic rings. The number of hydrogen-bond donors (Lipinski definition) is 0. The van der Waals surface area contributed by atoms with Gasteiger partial charge in [-0.15, -0.1) is 0 Å². The summed E-state index contributed by atoms with van der Waals surface area (Å²) in [5.74, 6) is 0.0409. The van der Waals surface area contributed by atoms with Crippen LogP contribution in [0.5, 0.6) is 0 Å². The van der Waals surface area contributed by atoms with Crippen LogP contribution < -0.4 is 0 Å². The van der Waals surface area contributed by atoms with Gasteiger partial charge in [0.25, 0.3) is 0 Å². The number of ketones is 1. The van der Waals surface area contributed by atoms with Crippen molar-refractivity contribution in [2.75, 3.05) is 13.7 Å². The lowest BCUT2D eigenvalue weighted by atomic mass is 9.78. The molecule has 0 fully saturated rings. The maximum Gasteiger partial charge on any atom is 0.172 e. The van der Waals surface area contributed by atoms with E-state index in [9.17, 15) is 4.79 Å². The molecule has 0 aromatic carbocycles. The van der Waals surface area contributed by atoms with Gasteiger partial charge in [0.2, 0.25) is 0 Å². The Hall–Kier alpha value is -1.73. The first-order valence-electron chi connectivity index (χ1n) is 5.57. The Morgan fingerprint density at radius 2 is 2.47 bits per heavy atom. The number of nitrogens with zero attached hydrogens (tertiary/aromatic N) is 2. The summed E-state index contributed by atoms with van der Waals surface area (Å²) in [6, 6.07) is 3.99. The van der Waals surface area contributed by atoms with E-state index in [2.05, 4.69) is 11.1 Å². The molecule has 4 heteroatoms. The number of Topliss-reactive ketones (excluding diaryl/α,β-unsaturated/α-hetero) is 1. The SMILES string of the molecule is COCC[C@]1(CC#N)Cc2ccncc2C1=O. The number of hydrogen-bond acceptors (Lipinski definition) is 4. The summed E-state index contributed by atoms with van der Waals surface area (Å²) in [7, 11) is 1.61. The number of ether oxygens (including phenoxy) is 1. The van der Waals surface area contributed by atoms with E-state index >= 15 is 0 Å². The van der Waals surface area contributed by atoms with E-state index in [1.165, 1.54) is 0 Å². The smallest absolute Gasteiger partial charge is 0.172 e. The maximum atomic E-state index is 12.4. The average Bonchev–Trinajstić information content (AvgIpc) is 2.62. The Morgan fingerprint density at radius 3 is 3.12 bits per heavy atom. The molecule has 1 heterocycles. The maximum absolute atomic E-state index is 12.4. The topological polar surface area (TPSA) is 63.0 Å². The first-order valence-corrected chi connectivity index (χ1v) is 5.57. The summed E-state index contributed by atoms with van der Waals surface area (Å²) in [4.78, 5) is 16.3. The average molecular weight is 230 g/mol. The number of rotatable bonds is 4. The number of carbonyl (C=O) groups is 1. The molecule has 1 aliphatic rings. The largest absolute Gasteiger partial charge is 0.385 e. The van der Waals surface area contributed by atoms with Crippen LogP contribution in [0.15, 0.2) is 18.5 Å². The van der Waals surface area contributed by atoms with E-state index in [4.69, 9.17) is 10.00 Å². The molecule has 0 N–H and O–H groups in total. The van der Waals surface area contributed by atoms with Gasteiger partial charge in [-0.05, 0) is 24.5 Å². The number of methoxy groups -OCH3 is 1. The van der Waals surface area contributed by atoms with Crippen LogP contribution in [-0.2, 0) is 11.2 Å². The van der Waals surface area contributed by atoms with Crippen LogP contribution in [0.2, 0.25) is 0 Å². The van der Waals surface area contributed by atoms with Crippen molar-refractivity contribution in [3.05, 3.63) is 29.6 Å². The second-order valence-corrected chi connectivity index (χ2v) is 4.40. The normalized spacial score (nSPS) is 22.2. The molecule has 1 atom stereocenters. The predicted molar refractivity (Wildman–Crippen MR) is 61.4 cm³/mol. The third kappa shape index (κ3) is 1.94. The molecule has 0 bridgehead atoms. The minimum Gasteiger partial charge on any atom is -0.385 e. The van der Waals surface area contributed by atoms with Crippen LogP contribution >= 0.6 is 0 Å². The van der Waals surface area contributed by atoms with E-state index in [0.717, 1.165) is 5.56 Å². The minimum atomic E-state index is -0.601. The molecule has 0 saturated carbocycles. The molecule has 0 unspecified atom stereocenters. The fourth-order valence-electron chi connectivity index (χ4n) is 2.39. The molecular formula is C13H14N2O2. The third-order valence-corrected chi connectivity index (χ3v) is 3.37. The zero-order valence-corrected chi connectivity index (χ0v) is 9.77. The first-order chi connectivity index (χ1) is 8.23. The lowest BCUT2D eigenvalue weighted by Crippen LogP contribution is -2.29. The third-order valence-electron chi connectivity index (χ3n) is 3.37. The van der Waals surface area contributed by atoms with E-state index in [1.54, 1.807) is 19.5 Å². The highest BCUT2D eigenvalue weighted by Gasteiger charge is 2.45. The second-order valence-electron chi connectivity index (χ2n) is 4.40. The van der Waals surface area contributed by atoms with Gasteiger partial charge in [-0.1, -0.05) is 0 Å². The molecule has 0 aliphatic heterocycles. The van der Waals surface area contributed by atoms with Gasteiger partial charge in [-0.2, -0.15) is 5.26 Å². The Bertz CT molecular complexity index is 479. The van der Waals surface area contributed by atoms with E-state index < -0.39 is 5.41 Å². The first kappa shape index (κ1) is 11.7. The van der Waals surface area contributed by atoms with Crippen LogP contribution in [-0.4, -0.2) is 24.5 Å². The highest BCUT2D eigenvalue weighted by Crippen LogP contribution is 2.41. The van der Waals surface area contributed by atoms with Crippen molar-refractivity contribution in [1.82, 2.24) is 4.98 Å². The Labute approximate surface area is 100 Å². The lowest BCUT2D eigenvalue weighted by molar-refractivity contribution is 0.0740. The zero-order valence-electron chi connectivity index (χ0n) is 9.77. The number of fused-ring (bicyclic) bond motifs is 1. The van der Waals surface area contributed by atoms with Gasteiger partial charge in [0, 0.05) is 38.1 Å². The zero-order chi connectivity index (χ0) is 12.3. The van der Waals surface area contributed by atoms with Crippen LogP contribution in [0.4, 0.5) is 0 Å². The van der Waals surface area contributed by atoms with Crippen molar-refractivity contribution in [3.63, 3.8) is 0 Å². The quantitative estimate of drug-likeness (QED) is 0.790. The molecule has 0 radical (unpaired) electrons. The molecule has 17 heavy (non-hydrogen) atoms. The van der Waals surface area contributed by atoms with Gasteiger partial charge in [0.1, 0.15) is 0 Å². The number of carbonyl (C=O) groups excluding carboxylic acids is 1. The second kappa shape index (κ2) is 4.64. The molecule has 88 valence electrons. The number of nitriles is 1. The van der Waals surface area contributed by atoms with Crippen molar-refractivity contribution < 1.29 is 9.53 Å². The van der Waals surface area contributed by atoms with E-state index in [1.807, 2.05) is 6.07 Å². The van der Waals surface area contributed by atoms with Crippen molar-refractivity contribution in [2.45, 2.75) is 19.3 Å². The van der Waals surface area contributed by atoms with Gasteiger partial charge in [-0.25, -0.2) is 0 Å². The van der Waals surface area contributed by atoms with Crippen molar-refractivity contribution >= 4 is 5.78 Å². The number of pyridine rings is 1. The van der Waals surface area contributed by atoms with Crippen molar-refractivity contribution in [1.29, 1.82) is 5.26 Å². The van der Waals surface area contributed by atoms with Crippen LogP contribution in [0.25, 0.3) is 0 Å². The van der Waals surface area contributed by atoms with Crippen LogP contribution in [0, 0.1) is 16.7 Å². The minimum absolute atomic E-state index is 0.0409. The van der Waals surface area contributed by atoms with Gasteiger partial charge in [0.05, 0.1) is 11.5 Å². The number of aromatic nitrogens is 1. The van der Waals surface area contributed by atoms with Gasteiger partial charge in [0.15, 0.2) is 5.78 Å². The fraction of sp³-hybridized carbons (Fsp3) is 0.462. The Morgan fingerprint density at radius 1 is 1.65 bits per heavy atom. The summed E-state index contributed by atoms with van der Waals surface area (Å²) in [6.45, 7) is 0.495. The summed E-state index contributed by atoms with van der Waals surface area (Å²) >= 11 is 0. The summed E-state index contributed by atoms with van der Waals surface area (Å²) < 4.78 is 5.05. The summed E-state index contributed by atoms with van der Waals surface area (Å²) in [6.07, 6.45) is 4.74. The molecular weight excluding hydrogens is 216 g/mol. The molecule has 4 nitrogen and oxygen atoms in total. The molecule has 1 aliphatic carbocycles. The van der Waals surface area contributed by atoms with Crippen molar-refractivity contribution in [3.8, 4) is 6.07 Å². The lowest BCUT2D eigenvalue weighted by Gasteiger charge is -2.23. The van der Waals surface area contributed by atoms with Crippen LogP contribution in [0.1, 0.15) is 28.8 Å².